The van der Waals surface area contributed by atoms with Crippen molar-refractivity contribution in [3.63, 3.8) is 0 Å². The summed E-state index contributed by atoms with van der Waals surface area (Å²) in [6.07, 6.45) is -1.54. The van der Waals surface area contributed by atoms with Crippen molar-refractivity contribution >= 4 is 29.6 Å². The van der Waals surface area contributed by atoms with Crippen LogP contribution in [0.1, 0.15) is 33.6 Å². The molecule has 0 spiro atoms. The lowest BCUT2D eigenvalue weighted by Crippen LogP contribution is -2.56. The lowest BCUT2D eigenvalue weighted by Gasteiger charge is -2.22. The minimum absolute atomic E-state index is 0.194. The fourth-order valence-corrected chi connectivity index (χ4v) is 1.84. The Hall–Kier alpha value is -2.73. The number of hydrogen-bond donors (Lipinski definition) is 7. The van der Waals surface area contributed by atoms with Crippen LogP contribution in [0.3, 0.4) is 0 Å². The molecular weight excluding hydrogens is 362 g/mol. The lowest BCUT2D eigenvalue weighted by atomic mass is 10.1. The molecular formula is C15H27N5O7. The molecule has 27 heavy (non-hydrogen) atoms. The van der Waals surface area contributed by atoms with Crippen molar-refractivity contribution in [2.24, 2.45) is 11.5 Å². The standard InChI is InChI=1S/C15H27N5O7/c1-6(19-14(25)11(17)8(3)21)12(23)18-7(2)13(24)20-9(15(26)27)4-5-10(16)22/h6-9,11,21H,4-5,17H2,1-3H3,(H2,16,22)(H,18,23)(H,19,25)(H,20,24)(H,26,27). The van der Waals surface area contributed by atoms with Crippen LogP contribution in [-0.2, 0) is 24.0 Å². The molecule has 0 aromatic carbocycles. The number of amides is 4. The molecule has 0 aromatic rings. The van der Waals surface area contributed by atoms with Crippen molar-refractivity contribution in [1.82, 2.24) is 16.0 Å². The third kappa shape index (κ3) is 8.96. The van der Waals surface area contributed by atoms with Crippen LogP contribution in [0.2, 0.25) is 0 Å². The molecule has 0 fully saturated rings. The zero-order valence-corrected chi connectivity index (χ0v) is 15.4. The lowest BCUT2D eigenvalue weighted by molar-refractivity contribution is -0.142. The highest BCUT2D eigenvalue weighted by atomic mass is 16.4. The molecule has 0 saturated heterocycles. The smallest absolute Gasteiger partial charge is 0.326 e. The van der Waals surface area contributed by atoms with Gasteiger partial charge >= 0.3 is 5.97 Å². The van der Waals surface area contributed by atoms with Crippen molar-refractivity contribution in [2.75, 3.05) is 0 Å². The molecule has 0 aliphatic heterocycles. The highest BCUT2D eigenvalue weighted by molar-refractivity contribution is 5.93. The summed E-state index contributed by atoms with van der Waals surface area (Å²) in [4.78, 5) is 57.6. The summed E-state index contributed by atoms with van der Waals surface area (Å²) < 4.78 is 0. The number of hydrogen-bond acceptors (Lipinski definition) is 7. The molecule has 12 heteroatoms. The summed E-state index contributed by atoms with van der Waals surface area (Å²) in [5.41, 5.74) is 10.4. The van der Waals surface area contributed by atoms with E-state index in [1.807, 2.05) is 0 Å². The maximum Gasteiger partial charge on any atom is 0.326 e. The minimum atomic E-state index is -1.35. The Morgan fingerprint density at radius 2 is 1.33 bits per heavy atom. The van der Waals surface area contributed by atoms with E-state index in [2.05, 4.69) is 16.0 Å². The number of aliphatic hydroxyl groups is 1. The van der Waals surface area contributed by atoms with Crippen LogP contribution in [0.15, 0.2) is 0 Å². The highest BCUT2D eigenvalue weighted by Gasteiger charge is 2.27. The zero-order valence-electron chi connectivity index (χ0n) is 15.4. The maximum absolute atomic E-state index is 12.0. The highest BCUT2D eigenvalue weighted by Crippen LogP contribution is 1.99. The average molecular weight is 389 g/mol. The van der Waals surface area contributed by atoms with Crippen molar-refractivity contribution in [3.8, 4) is 0 Å². The van der Waals surface area contributed by atoms with E-state index in [4.69, 9.17) is 16.6 Å². The zero-order chi connectivity index (χ0) is 21.3. The van der Waals surface area contributed by atoms with Crippen LogP contribution >= 0.6 is 0 Å². The normalized spacial score (nSPS) is 16.2. The summed E-state index contributed by atoms with van der Waals surface area (Å²) in [6, 6.07) is -4.73. The van der Waals surface area contributed by atoms with Gasteiger partial charge in [-0.25, -0.2) is 4.79 Å². The van der Waals surface area contributed by atoms with E-state index in [0.29, 0.717) is 0 Å². The van der Waals surface area contributed by atoms with E-state index < -0.39 is 59.9 Å². The SMILES string of the molecule is CC(NC(=O)C(C)NC(=O)C(N)C(C)O)C(=O)NC(CCC(N)=O)C(=O)O. The monoisotopic (exact) mass is 389 g/mol. The van der Waals surface area contributed by atoms with Gasteiger partial charge < -0.3 is 37.6 Å². The molecule has 4 amide bonds. The second-order valence-corrected chi connectivity index (χ2v) is 6.13. The Labute approximate surface area is 156 Å². The molecule has 0 saturated carbocycles. The second kappa shape index (κ2) is 11.1. The van der Waals surface area contributed by atoms with Crippen molar-refractivity contribution in [3.05, 3.63) is 0 Å². The van der Waals surface area contributed by atoms with Gasteiger partial charge in [0.05, 0.1) is 6.10 Å². The van der Waals surface area contributed by atoms with Crippen LogP contribution in [-0.4, -0.2) is 70.1 Å². The van der Waals surface area contributed by atoms with Crippen LogP contribution in [0.5, 0.6) is 0 Å². The number of nitrogens with two attached hydrogens (primary N) is 2. The number of nitrogens with one attached hydrogen (secondary N) is 3. The predicted molar refractivity (Wildman–Crippen MR) is 92.9 cm³/mol. The number of carbonyl (C=O) groups excluding carboxylic acids is 4. The number of carbonyl (C=O) groups is 5. The van der Waals surface area contributed by atoms with Crippen LogP contribution in [0, 0.1) is 0 Å². The number of primary amides is 1. The first kappa shape index (κ1) is 24.3. The van der Waals surface area contributed by atoms with Crippen molar-refractivity contribution in [1.29, 1.82) is 0 Å². The molecule has 5 atom stereocenters. The molecule has 0 aliphatic rings. The van der Waals surface area contributed by atoms with Gasteiger partial charge in [-0.3, -0.25) is 19.2 Å². The van der Waals surface area contributed by atoms with Gasteiger partial charge in [0.25, 0.3) is 0 Å². The Morgan fingerprint density at radius 3 is 1.74 bits per heavy atom. The number of rotatable bonds is 11. The number of carboxylic acid groups (broad SMARTS) is 1. The summed E-state index contributed by atoms with van der Waals surface area (Å²) in [6.45, 7) is 3.98. The molecule has 0 aromatic heterocycles. The van der Waals surface area contributed by atoms with Gasteiger partial charge in [0, 0.05) is 6.42 Å². The minimum Gasteiger partial charge on any atom is -0.480 e. The van der Waals surface area contributed by atoms with Crippen molar-refractivity contribution < 1.29 is 34.2 Å². The second-order valence-electron chi connectivity index (χ2n) is 6.13. The molecule has 0 aliphatic carbocycles. The van der Waals surface area contributed by atoms with Crippen molar-refractivity contribution in [2.45, 2.75) is 63.9 Å². The Kier molecular flexibility index (Phi) is 9.96. The first-order chi connectivity index (χ1) is 12.4. The molecule has 12 nitrogen and oxygen atoms in total. The van der Waals surface area contributed by atoms with E-state index in [0.717, 1.165) is 0 Å². The molecule has 0 rings (SSSR count). The van der Waals surface area contributed by atoms with Gasteiger partial charge in [-0.15, -0.1) is 0 Å². The first-order valence-electron chi connectivity index (χ1n) is 8.22. The Balaban J connectivity index is 4.67. The summed E-state index contributed by atoms with van der Waals surface area (Å²) in [5.74, 6) is -4.32. The molecule has 5 unspecified atom stereocenters. The molecule has 0 radical (unpaired) electrons. The van der Waals surface area contributed by atoms with E-state index in [1.54, 1.807) is 0 Å². The predicted octanol–water partition coefficient (Wildman–Crippen LogP) is -3.46. The largest absolute Gasteiger partial charge is 0.480 e. The molecule has 154 valence electrons. The van der Waals surface area contributed by atoms with Gasteiger partial charge in [0.15, 0.2) is 0 Å². The molecule has 0 heterocycles. The maximum atomic E-state index is 12.0. The van der Waals surface area contributed by atoms with Gasteiger partial charge in [0.1, 0.15) is 24.2 Å². The summed E-state index contributed by atoms with van der Waals surface area (Å²) in [5, 5.41) is 25.1. The van der Waals surface area contributed by atoms with Gasteiger partial charge in [0.2, 0.25) is 23.6 Å². The number of aliphatic hydroxyl groups excluding tert-OH is 1. The van der Waals surface area contributed by atoms with E-state index in [-0.39, 0.29) is 12.8 Å². The summed E-state index contributed by atoms with van der Waals surface area (Å²) in [7, 11) is 0. The third-order valence-electron chi connectivity index (χ3n) is 3.62. The topological polar surface area (TPSA) is 214 Å². The van der Waals surface area contributed by atoms with Crippen LogP contribution < -0.4 is 27.4 Å². The van der Waals surface area contributed by atoms with Crippen LogP contribution in [0.25, 0.3) is 0 Å². The first-order valence-corrected chi connectivity index (χ1v) is 8.22. The Bertz CT molecular complexity index is 581. The molecule has 0 bridgehead atoms. The number of aliphatic carboxylic acids is 1. The van der Waals surface area contributed by atoms with Crippen LogP contribution in [0.4, 0.5) is 0 Å². The third-order valence-corrected chi connectivity index (χ3v) is 3.62. The van der Waals surface area contributed by atoms with Gasteiger partial charge in [-0.05, 0) is 27.2 Å². The fraction of sp³-hybridized carbons (Fsp3) is 0.667. The van der Waals surface area contributed by atoms with Gasteiger partial charge in [-0.2, -0.15) is 0 Å². The number of carboxylic acids is 1. The Morgan fingerprint density at radius 1 is 0.889 bits per heavy atom. The van der Waals surface area contributed by atoms with E-state index in [9.17, 15) is 29.1 Å². The summed E-state index contributed by atoms with van der Waals surface area (Å²) >= 11 is 0. The quantitative estimate of drug-likeness (QED) is 0.188. The van der Waals surface area contributed by atoms with E-state index >= 15 is 0 Å². The molecule has 9 N–H and O–H groups in total. The van der Waals surface area contributed by atoms with Gasteiger partial charge in [-0.1, -0.05) is 0 Å². The fourth-order valence-electron chi connectivity index (χ4n) is 1.84. The van der Waals surface area contributed by atoms with E-state index in [1.165, 1.54) is 20.8 Å². The average Bonchev–Trinajstić information content (AvgIpc) is 2.56.